The molecule has 2 aromatic carbocycles. The van der Waals surface area contributed by atoms with Gasteiger partial charge in [-0.1, -0.05) is 30.3 Å². The van der Waals surface area contributed by atoms with Crippen molar-refractivity contribution in [2.24, 2.45) is 7.05 Å². The molecule has 0 unspecified atom stereocenters. The van der Waals surface area contributed by atoms with E-state index in [0.717, 1.165) is 99.2 Å². The number of anilines is 1. The first kappa shape index (κ1) is 39.8. The molecule has 3 fully saturated rings. The van der Waals surface area contributed by atoms with Crippen molar-refractivity contribution in [2.45, 2.75) is 76.2 Å². The van der Waals surface area contributed by atoms with Gasteiger partial charge in [0.05, 0.1) is 17.5 Å². The van der Waals surface area contributed by atoms with Crippen LogP contribution in [0.4, 0.5) is 19.1 Å². The van der Waals surface area contributed by atoms with Gasteiger partial charge < -0.3 is 15.2 Å². The van der Waals surface area contributed by atoms with E-state index >= 15 is 0 Å². The Balaban J connectivity index is 0.744. The number of carbonyl (C=O) groups excluding carboxylic acids is 2. The summed E-state index contributed by atoms with van der Waals surface area (Å²) in [4.78, 5) is 56.8. The number of unbranched alkanes of at least 4 members (excludes halogenated alkanes) is 1. The molecule has 6 heterocycles. The van der Waals surface area contributed by atoms with Gasteiger partial charge in [0.2, 0.25) is 17.8 Å². The average Bonchev–Trinajstić information content (AvgIpc) is 3.74. The van der Waals surface area contributed by atoms with Crippen LogP contribution < -0.4 is 16.3 Å². The molecular weight excluding hydrogens is 750 g/mol. The van der Waals surface area contributed by atoms with E-state index in [-0.39, 0.29) is 30.5 Å². The fourth-order valence-corrected chi connectivity index (χ4v) is 8.85. The highest BCUT2D eigenvalue weighted by atomic mass is 19.4. The predicted molar refractivity (Wildman–Crippen MR) is 216 cm³/mol. The molecule has 0 bridgehead atoms. The molecule has 3 saturated heterocycles. The Bertz CT molecular complexity index is 2300. The summed E-state index contributed by atoms with van der Waals surface area (Å²) in [7, 11) is 1.74. The Morgan fingerprint density at radius 2 is 1.64 bits per heavy atom. The minimum absolute atomic E-state index is 0.168. The van der Waals surface area contributed by atoms with Crippen molar-refractivity contribution in [1.29, 1.82) is 0 Å². The number of imidazole rings is 1. The Labute approximate surface area is 334 Å². The number of H-pyrrole nitrogens is 1. The fraction of sp³-hybridized carbons (Fsp3) is 0.500. The van der Waals surface area contributed by atoms with Crippen molar-refractivity contribution in [3.63, 3.8) is 0 Å². The normalized spacial score (nSPS) is 19.3. The third-order valence-electron chi connectivity index (χ3n) is 12.1. The highest BCUT2D eigenvalue weighted by Gasteiger charge is 2.32. The molecule has 3 N–H and O–H groups in total. The van der Waals surface area contributed by atoms with Crippen LogP contribution in [0.2, 0.25) is 0 Å². The maximum absolute atomic E-state index is 13.1. The van der Waals surface area contributed by atoms with Crippen LogP contribution >= 0.6 is 0 Å². The molecule has 0 spiro atoms. The number of likely N-dealkylation sites (tertiary alicyclic amines) is 1. The lowest BCUT2D eigenvalue weighted by atomic mass is 10.0. The number of aromatic nitrogens is 5. The summed E-state index contributed by atoms with van der Waals surface area (Å²) in [6.45, 7) is 8.22. The number of hydrogen-bond acceptors (Lipinski definition) is 9. The van der Waals surface area contributed by atoms with Crippen LogP contribution in [0.25, 0.3) is 33.2 Å². The summed E-state index contributed by atoms with van der Waals surface area (Å²) < 4.78 is 40.6. The number of fused-ring (bicyclic) bond motifs is 2. The second-order valence-electron chi connectivity index (χ2n) is 16.0. The van der Waals surface area contributed by atoms with Gasteiger partial charge in [-0.05, 0) is 87.0 Å². The standard InChI is InChI=1S/C42H51F3N10O3/c1-51-36-24-28(7-10-34(36)55(41(51)58)35-11-12-37(56)49-39(35)57)4-2-3-17-52-18-13-31(14-19-52)54-22-20-53(21-23-54)27-29-5-8-30(9-6-29)32-25-47-38-33(32)26-48-40(50-38)46-16-15-42(43,44)45/h5-10,24-26,31,35H,2-4,11-23,27H2,1H3,(H,49,56,57)(H2,46,47,48,50)/t35-/m0/s1. The smallest absolute Gasteiger partial charge is 0.354 e. The van der Waals surface area contributed by atoms with Crippen molar-refractivity contribution in [3.8, 4) is 11.1 Å². The van der Waals surface area contributed by atoms with Crippen LogP contribution in [0.1, 0.15) is 62.1 Å². The zero-order chi connectivity index (χ0) is 40.4. The van der Waals surface area contributed by atoms with Crippen molar-refractivity contribution in [1.82, 2.24) is 44.1 Å². The van der Waals surface area contributed by atoms with E-state index in [1.54, 1.807) is 17.8 Å². The van der Waals surface area contributed by atoms with Gasteiger partial charge in [0.15, 0.2) is 0 Å². The van der Waals surface area contributed by atoms with Crippen LogP contribution in [0, 0.1) is 0 Å². The van der Waals surface area contributed by atoms with E-state index in [1.807, 2.05) is 12.3 Å². The molecule has 5 aromatic rings. The number of halogens is 3. The predicted octanol–water partition coefficient (Wildman–Crippen LogP) is 5.23. The number of amides is 2. The molecule has 8 rings (SSSR count). The number of benzene rings is 2. The molecule has 2 amide bonds. The zero-order valence-electron chi connectivity index (χ0n) is 32.9. The third kappa shape index (κ3) is 8.98. The van der Waals surface area contributed by atoms with E-state index in [9.17, 15) is 27.6 Å². The largest absolute Gasteiger partial charge is 0.390 e. The highest BCUT2D eigenvalue weighted by molar-refractivity contribution is 6.00. The lowest BCUT2D eigenvalue weighted by Crippen LogP contribution is -2.53. The summed E-state index contributed by atoms with van der Waals surface area (Å²) in [5.74, 6) is -0.540. The van der Waals surface area contributed by atoms with Crippen molar-refractivity contribution in [3.05, 3.63) is 76.5 Å². The lowest BCUT2D eigenvalue weighted by Gasteiger charge is -2.43. The number of nitrogens with one attached hydrogen (secondary N) is 3. The third-order valence-corrected chi connectivity index (χ3v) is 12.1. The molecule has 1 atom stereocenters. The number of piperazine rings is 1. The number of piperidine rings is 2. The summed E-state index contributed by atoms with van der Waals surface area (Å²) in [5.41, 5.74) is 6.29. The minimum Gasteiger partial charge on any atom is -0.354 e. The molecule has 3 aliphatic rings. The van der Waals surface area contributed by atoms with Crippen molar-refractivity contribution < 1.29 is 22.8 Å². The number of alkyl halides is 3. The minimum atomic E-state index is -4.23. The van der Waals surface area contributed by atoms with E-state index in [4.69, 9.17) is 0 Å². The van der Waals surface area contributed by atoms with Crippen LogP contribution in [-0.2, 0) is 29.6 Å². The van der Waals surface area contributed by atoms with Crippen molar-refractivity contribution in [2.75, 3.05) is 57.7 Å². The Morgan fingerprint density at radius 3 is 2.38 bits per heavy atom. The van der Waals surface area contributed by atoms with Crippen LogP contribution in [0.15, 0.2) is 59.7 Å². The van der Waals surface area contributed by atoms with Crippen LogP contribution in [0.5, 0.6) is 0 Å². The first-order valence-corrected chi connectivity index (χ1v) is 20.5. The molecule has 16 heteroatoms. The number of hydrogen-bond donors (Lipinski definition) is 3. The highest BCUT2D eigenvalue weighted by Crippen LogP contribution is 2.29. The molecule has 0 aliphatic carbocycles. The van der Waals surface area contributed by atoms with Gasteiger partial charge in [0.25, 0.3) is 0 Å². The summed E-state index contributed by atoms with van der Waals surface area (Å²) in [5, 5.41) is 5.84. The first-order valence-electron chi connectivity index (χ1n) is 20.5. The molecule has 58 heavy (non-hydrogen) atoms. The number of aromatic amines is 1. The molecule has 308 valence electrons. The zero-order valence-corrected chi connectivity index (χ0v) is 32.9. The van der Waals surface area contributed by atoms with Gasteiger partial charge in [-0.15, -0.1) is 0 Å². The fourth-order valence-electron chi connectivity index (χ4n) is 8.85. The van der Waals surface area contributed by atoms with Crippen molar-refractivity contribution >= 4 is 39.8 Å². The summed E-state index contributed by atoms with van der Waals surface area (Å²) >= 11 is 0. The van der Waals surface area contributed by atoms with E-state index in [2.05, 4.69) is 76.7 Å². The lowest BCUT2D eigenvalue weighted by molar-refractivity contribution is -0.136. The maximum atomic E-state index is 13.1. The molecule has 13 nitrogen and oxygen atoms in total. The number of nitrogens with zero attached hydrogens (tertiary/aromatic N) is 7. The molecule has 0 radical (unpaired) electrons. The van der Waals surface area contributed by atoms with Gasteiger partial charge in [0.1, 0.15) is 11.7 Å². The second kappa shape index (κ2) is 17.0. The van der Waals surface area contributed by atoms with E-state index in [1.165, 1.54) is 28.5 Å². The monoisotopic (exact) mass is 800 g/mol. The van der Waals surface area contributed by atoms with Crippen LogP contribution in [0.3, 0.4) is 0 Å². The van der Waals surface area contributed by atoms with Gasteiger partial charge in [0, 0.05) is 82.1 Å². The number of aryl methyl sites for hydroxylation is 2. The van der Waals surface area contributed by atoms with Gasteiger partial charge in [-0.25, -0.2) is 9.78 Å². The molecule has 3 aromatic heterocycles. The van der Waals surface area contributed by atoms with E-state index in [0.29, 0.717) is 18.1 Å². The van der Waals surface area contributed by atoms with Gasteiger partial charge in [-0.2, -0.15) is 18.2 Å². The molecule has 0 saturated carbocycles. The topological polar surface area (TPSA) is 136 Å². The SMILES string of the molecule is Cn1c(=O)n([C@H]2CCC(=O)NC2=O)c2ccc(CCCCN3CCC(N4CCN(Cc5ccc(-c6c[nH]c7nc(NCCC(F)(F)F)ncc67)cc5)CC4)CC3)cc21. The van der Waals surface area contributed by atoms with Crippen LogP contribution in [-0.4, -0.2) is 115 Å². The molecule has 3 aliphatic heterocycles. The average molecular weight is 801 g/mol. The first-order chi connectivity index (χ1) is 28.0. The summed E-state index contributed by atoms with van der Waals surface area (Å²) in [6.07, 6.45) is 4.40. The Morgan fingerprint density at radius 1 is 0.879 bits per heavy atom. The second-order valence-corrected chi connectivity index (χ2v) is 16.0. The Kier molecular flexibility index (Phi) is 11.7. The molecular formula is C42H51F3N10O3. The van der Waals surface area contributed by atoms with E-state index < -0.39 is 24.5 Å². The number of rotatable bonds is 13. The number of carbonyl (C=O) groups is 2. The Hall–Kier alpha value is -5.06. The summed E-state index contributed by atoms with van der Waals surface area (Å²) in [6, 6.07) is 14.6. The van der Waals surface area contributed by atoms with Gasteiger partial charge >= 0.3 is 11.9 Å². The number of imide groups is 1. The van der Waals surface area contributed by atoms with Gasteiger partial charge in [-0.3, -0.25) is 33.8 Å². The quantitative estimate of drug-likeness (QED) is 0.108. The maximum Gasteiger partial charge on any atom is 0.390 e.